The van der Waals surface area contributed by atoms with Crippen molar-refractivity contribution in [2.45, 2.75) is 59.4 Å². The normalized spacial score (nSPS) is 19.5. The second kappa shape index (κ2) is 21.3. The fraction of sp³-hybridized carbons (Fsp3) is 0.625. The maximum atomic E-state index is 13.2. The third kappa shape index (κ3) is 12.5. The zero-order chi connectivity index (χ0) is 36.1. The van der Waals surface area contributed by atoms with Crippen LogP contribution in [0.1, 0.15) is 49.9 Å². The SMILES string of the molecule is CN1CCC=C(c2nsnc2SCCCC(OC(=O)C(=O)OC(CCCSc2nsnc2C2=CCCN(C)C2)SC2=NCCS2)SC2=NCCS2)C1. The lowest BCUT2D eigenvalue weighted by Gasteiger charge is -2.22. The molecular formula is C32H42N8O4S8. The smallest absolute Gasteiger partial charge is 0.418 e. The average molecular weight is 859 g/mol. The molecule has 0 amide bonds. The number of aromatic nitrogens is 4. The van der Waals surface area contributed by atoms with E-state index in [1.807, 2.05) is 0 Å². The van der Waals surface area contributed by atoms with Gasteiger partial charge < -0.3 is 19.3 Å². The van der Waals surface area contributed by atoms with Gasteiger partial charge in [0.15, 0.2) is 10.9 Å². The Hall–Kier alpha value is -1.10. The van der Waals surface area contributed by atoms with Crippen LogP contribution in [0.25, 0.3) is 11.1 Å². The molecule has 2 aromatic rings. The highest BCUT2D eigenvalue weighted by atomic mass is 32.2. The Morgan fingerprint density at radius 3 is 1.60 bits per heavy atom. The number of ether oxygens (including phenoxy) is 2. The first kappa shape index (κ1) is 40.6. The fourth-order valence-electron chi connectivity index (χ4n) is 5.53. The van der Waals surface area contributed by atoms with E-state index in [1.54, 1.807) is 47.0 Å². The molecule has 0 aliphatic carbocycles. The quantitative estimate of drug-likeness (QED) is 0.0583. The van der Waals surface area contributed by atoms with Gasteiger partial charge in [-0.15, -0.1) is 23.5 Å². The number of aliphatic imine (C=N–C) groups is 2. The molecule has 4 aliphatic heterocycles. The maximum Gasteiger partial charge on any atom is 0.418 e. The molecule has 0 aromatic carbocycles. The summed E-state index contributed by atoms with van der Waals surface area (Å²) in [6.07, 6.45) is 9.20. The van der Waals surface area contributed by atoms with Gasteiger partial charge in [-0.25, -0.2) is 9.59 Å². The lowest BCUT2D eigenvalue weighted by Crippen LogP contribution is -2.28. The van der Waals surface area contributed by atoms with Crippen molar-refractivity contribution in [1.82, 2.24) is 27.3 Å². The van der Waals surface area contributed by atoms with Crippen LogP contribution in [0.4, 0.5) is 0 Å². The van der Waals surface area contributed by atoms with E-state index < -0.39 is 22.8 Å². The molecule has 0 radical (unpaired) electrons. The Labute approximate surface area is 339 Å². The summed E-state index contributed by atoms with van der Waals surface area (Å²) in [4.78, 5) is 40.1. The summed E-state index contributed by atoms with van der Waals surface area (Å²) in [6.45, 7) is 5.33. The summed E-state index contributed by atoms with van der Waals surface area (Å²) in [5, 5.41) is 1.88. The van der Waals surface area contributed by atoms with E-state index in [1.165, 1.54) is 58.1 Å². The van der Waals surface area contributed by atoms with Crippen molar-refractivity contribution >= 4 is 126 Å². The second-order valence-electron chi connectivity index (χ2n) is 12.2. The molecule has 20 heteroatoms. The van der Waals surface area contributed by atoms with Crippen LogP contribution in [-0.2, 0) is 19.1 Å². The molecule has 6 rings (SSSR count). The summed E-state index contributed by atoms with van der Waals surface area (Å²) in [5.41, 5.74) is 3.29. The number of likely N-dealkylation sites (N-methyl/N-ethyl adjacent to an activating group) is 2. The Balaban J connectivity index is 0.996. The highest BCUT2D eigenvalue weighted by Crippen LogP contribution is 2.34. The molecule has 52 heavy (non-hydrogen) atoms. The van der Waals surface area contributed by atoms with Gasteiger partial charge in [0, 0.05) is 37.7 Å². The van der Waals surface area contributed by atoms with Crippen LogP contribution in [0.15, 0.2) is 32.2 Å². The molecule has 0 bridgehead atoms. The van der Waals surface area contributed by atoms with Crippen LogP contribution in [0, 0.1) is 0 Å². The van der Waals surface area contributed by atoms with Gasteiger partial charge in [0.2, 0.25) is 0 Å². The number of carbonyl (C=O) groups excluding carboxylic acids is 2. The number of rotatable bonds is 16. The second-order valence-corrected chi connectivity index (χ2v) is 20.4. The Bertz CT molecular complexity index is 1530. The predicted octanol–water partition coefficient (Wildman–Crippen LogP) is 6.68. The van der Waals surface area contributed by atoms with Gasteiger partial charge >= 0.3 is 11.9 Å². The van der Waals surface area contributed by atoms with Crippen molar-refractivity contribution in [1.29, 1.82) is 0 Å². The standard InChI is InChI=1S/C32H42N8O4S8/c1-39-13-3-7-21(19-39)25-27(37-51-35-25)45-15-5-9-23(49-31-33-11-17-47-31)43-29(41)30(42)44-24(50-32-34-12-18-48-32)10-6-16-46-28-26(36-52-38-28)22-8-4-14-40(2)20-22/h7-8,23-24H,3-6,9-20H2,1-2H3. The maximum absolute atomic E-state index is 13.2. The van der Waals surface area contributed by atoms with Crippen molar-refractivity contribution in [3.8, 4) is 0 Å². The van der Waals surface area contributed by atoms with Gasteiger partial charge in [-0.1, -0.05) is 59.2 Å². The summed E-state index contributed by atoms with van der Waals surface area (Å²) in [6, 6.07) is 0. The van der Waals surface area contributed by atoms with E-state index in [0.717, 1.165) is 118 Å². The van der Waals surface area contributed by atoms with Gasteiger partial charge in [0.1, 0.15) is 30.2 Å². The molecule has 0 fully saturated rings. The zero-order valence-corrected chi connectivity index (χ0v) is 35.6. The first-order chi connectivity index (χ1) is 25.4. The monoisotopic (exact) mass is 858 g/mol. The van der Waals surface area contributed by atoms with E-state index in [-0.39, 0.29) is 0 Å². The highest BCUT2D eigenvalue weighted by Gasteiger charge is 2.29. The molecule has 0 N–H and O–H groups in total. The molecule has 0 saturated heterocycles. The summed E-state index contributed by atoms with van der Waals surface area (Å²) in [7, 11) is 4.24. The van der Waals surface area contributed by atoms with Crippen molar-refractivity contribution in [3.05, 3.63) is 23.5 Å². The first-order valence-electron chi connectivity index (χ1n) is 17.2. The van der Waals surface area contributed by atoms with Crippen LogP contribution >= 0.6 is 94.0 Å². The molecule has 2 aromatic heterocycles. The highest BCUT2D eigenvalue weighted by molar-refractivity contribution is 8.39. The molecule has 2 unspecified atom stereocenters. The minimum Gasteiger partial charge on any atom is -0.442 e. The average Bonchev–Trinajstić information content (AvgIpc) is 3.97. The Kier molecular flexibility index (Phi) is 16.6. The fourth-order valence-corrected chi connectivity index (χ4v) is 13.3. The number of nitrogens with zero attached hydrogens (tertiary/aromatic N) is 8. The summed E-state index contributed by atoms with van der Waals surface area (Å²) < 4.78 is 31.6. The van der Waals surface area contributed by atoms with E-state index in [4.69, 9.17) is 9.47 Å². The van der Waals surface area contributed by atoms with Crippen molar-refractivity contribution in [2.24, 2.45) is 9.98 Å². The van der Waals surface area contributed by atoms with Crippen molar-refractivity contribution < 1.29 is 19.1 Å². The molecule has 0 spiro atoms. The van der Waals surface area contributed by atoms with Crippen molar-refractivity contribution in [2.75, 3.05) is 76.4 Å². The molecule has 12 nitrogen and oxygen atoms in total. The van der Waals surface area contributed by atoms with Gasteiger partial charge in [0.05, 0.1) is 36.5 Å². The molecule has 6 heterocycles. The Morgan fingerprint density at radius 2 is 1.19 bits per heavy atom. The minimum atomic E-state index is -0.974. The topological polar surface area (TPSA) is 135 Å². The van der Waals surface area contributed by atoms with Gasteiger partial charge in [-0.05, 0) is 75.3 Å². The van der Waals surface area contributed by atoms with E-state index >= 15 is 0 Å². The number of esters is 2. The summed E-state index contributed by atoms with van der Waals surface area (Å²) >= 11 is 11.9. The number of hydrogen-bond donors (Lipinski definition) is 0. The van der Waals surface area contributed by atoms with Crippen molar-refractivity contribution in [3.63, 3.8) is 0 Å². The molecule has 0 saturated carbocycles. The lowest BCUT2D eigenvalue weighted by atomic mass is 10.1. The molecule has 2 atom stereocenters. The predicted molar refractivity (Wildman–Crippen MR) is 224 cm³/mol. The van der Waals surface area contributed by atoms with E-state index in [9.17, 15) is 9.59 Å². The van der Waals surface area contributed by atoms with Crippen LogP contribution in [-0.4, -0.2) is 135 Å². The Morgan fingerprint density at radius 1 is 0.731 bits per heavy atom. The largest absolute Gasteiger partial charge is 0.442 e. The van der Waals surface area contributed by atoms with Gasteiger partial charge in [-0.3, -0.25) is 9.98 Å². The lowest BCUT2D eigenvalue weighted by molar-refractivity contribution is -0.169. The zero-order valence-electron chi connectivity index (χ0n) is 29.1. The van der Waals surface area contributed by atoms with E-state index in [2.05, 4.69) is 63.5 Å². The molecule has 282 valence electrons. The van der Waals surface area contributed by atoms with E-state index in [0.29, 0.717) is 12.8 Å². The third-order valence-corrected chi connectivity index (χ3v) is 16.1. The van der Waals surface area contributed by atoms with Gasteiger partial charge in [-0.2, -0.15) is 17.5 Å². The number of carbonyl (C=O) groups is 2. The number of hydrogen-bond acceptors (Lipinski definition) is 20. The van der Waals surface area contributed by atoms with Gasteiger partial charge in [0.25, 0.3) is 0 Å². The summed E-state index contributed by atoms with van der Waals surface area (Å²) in [5.74, 6) is 1.42. The number of thioether (sulfide) groups is 6. The molecule has 4 aliphatic rings. The van der Waals surface area contributed by atoms with Crippen LogP contribution in [0.3, 0.4) is 0 Å². The van der Waals surface area contributed by atoms with Crippen LogP contribution < -0.4 is 0 Å². The minimum absolute atomic E-state index is 0.551. The first-order valence-corrected chi connectivity index (χ1v) is 24.3. The van der Waals surface area contributed by atoms with Crippen LogP contribution in [0.5, 0.6) is 0 Å². The molecular weight excluding hydrogens is 817 g/mol. The van der Waals surface area contributed by atoms with Crippen LogP contribution in [0.2, 0.25) is 0 Å². The third-order valence-electron chi connectivity index (χ3n) is 8.08.